The smallest absolute Gasteiger partial charge is 0.311 e. The second-order valence-corrected chi connectivity index (χ2v) is 7.35. The summed E-state index contributed by atoms with van der Waals surface area (Å²) < 4.78 is 1.02. The van der Waals surface area contributed by atoms with E-state index in [-0.39, 0.29) is 12.5 Å². The third kappa shape index (κ3) is 4.01. The summed E-state index contributed by atoms with van der Waals surface area (Å²) in [6.07, 6.45) is 2.23. The highest BCUT2D eigenvalue weighted by Crippen LogP contribution is 2.40. The number of rotatable bonds is 6. The first-order valence-electron chi connectivity index (χ1n) is 6.82. The second-order valence-electron chi connectivity index (χ2n) is 5.41. The first-order chi connectivity index (χ1) is 9.93. The minimum atomic E-state index is -0.801. The van der Waals surface area contributed by atoms with Gasteiger partial charge < -0.3 is 10.4 Å². The van der Waals surface area contributed by atoms with Crippen LogP contribution in [0.1, 0.15) is 24.8 Å². The molecule has 1 aliphatic rings. The second kappa shape index (κ2) is 6.83. The number of carboxylic acids is 1. The largest absolute Gasteiger partial charge is 0.481 e. The van der Waals surface area contributed by atoms with Crippen LogP contribution >= 0.6 is 27.7 Å². The van der Waals surface area contributed by atoms with E-state index in [1.807, 2.05) is 25.1 Å². The number of carboxylic acid groups (broad SMARTS) is 1. The molecule has 2 N–H and O–H groups in total. The van der Waals surface area contributed by atoms with Gasteiger partial charge >= 0.3 is 5.97 Å². The predicted octanol–water partition coefficient (Wildman–Crippen LogP) is 3.22. The van der Waals surface area contributed by atoms with E-state index >= 15 is 0 Å². The van der Waals surface area contributed by atoms with Crippen LogP contribution in [0, 0.1) is 12.3 Å². The van der Waals surface area contributed by atoms with Crippen LogP contribution in [0.3, 0.4) is 0 Å². The van der Waals surface area contributed by atoms with Gasteiger partial charge in [0.2, 0.25) is 5.91 Å². The van der Waals surface area contributed by atoms with Crippen molar-refractivity contribution in [1.29, 1.82) is 0 Å². The third-order valence-electron chi connectivity index (χ3n) is 3.88. The molecule has 0 bridgehead atoms. The number of nitrogens with one attached hydrogen (secondary N) is 1. The molecule has 1 aromatic rings. The van der Waals surface area contributed by atoms with Crippen molar-refractivity contribution in [2.24, 2.45) is 5.41 Å². The van der Waals surface area contributed by atoms with E-state index in [0.717, 1.165) is 21.4 Å². The van der Waals surface area contributed by atoms with Crippen LogP contribution in [0.25, 0.3) is 0 Å². The van der Waals surface area contributed by atoms with Gasteiger partial charge in [-0.2, -0.15) is 0 Å². The van der Waals surface area contributed by atoms with Crippen LogP contribution in [0.4, 0.5) is 0 Å². The summed E-state index contributed by atoms with van der Waals surface area (Å²) in [5.74, 6) is -0.613. The Labute approximate surface area is 136 Å². The summed E-state index contributed by atoms with van der Waals surface area (Å²) in [5, 5.41) is 12.0. The molecule has 0 spiro atoms. The van der Waals surface area contributed by atoms with Gasteiger partial charge in [0.05, 0.1) is 11.2 Å². The number of halogens is 1. The standard InChI is InChI=1S/C15H18BrNO3S/c1-10-7-11(16)3-4-12(10)21-8-13(18)17-9-15(14(19)20)5-2-6-15/h3-4,7H,2,5-6,8-9H2,1H3,(H,17,18)(H,19,20). The van der Waals surface area contributed by atoms with Crippen LogP contribution in [0.5, 0.6) is 0 Å². The number of aliphatic carboxylic acids is 1. The van der Waals surface area contributed by atoms with E-state index in [9.17, 15) is 14.7 Å². The number of carbonyl (C=O) groups excluding carboxylic acids is 1. The van der Waals surface area contributed by atoms with E-state index in [4.69, 9.17) is 0 Å². The van der Waals surface area contributed by atoms with Crippen LogP contribution in [0.15, 0.2) is 27.6 Å². The zero-order valence-corrected chi connectivity index (χ0v) is 14.2. The topological polar surface area (TPSA) is 66.4 Å². The van der Waals surface area contributed by atoms with Crippen molar-refractivity contribution in [3.05, 3.63) is 28.2 Å². The minimum absolute atomic E-state index is 0.116. The Bertz CT molecular complexity index is 558. The molecule has 0 aliphatic heterocycles. The first kappa shape index (κ1) is 16.4. The number of benzene rings is 1. The number of hydrogen-bond donors (Lipinski definition) is 2. The number of aryl methyl sites for hydroxylation is 1. The Hall–Kier alpha value is -1.01. The Morgan fingerprint density at radius 1 is 1.43 bits per heavy atom. The molecule has 1 amide bonds. The average Bonchev–Trinajstić information content (AvgIpc) is 2.36. The van der Waals surface area contributed by atoms with Crippen molar-refractivity contribution in [3.63, 3.8) is 0 Å². The molecule has 0 radical (unpaired) electrons. The monoisotopic (exact) mass is 371 g/mol. The normalized spacial score (nSPS) is 16.1. The highest BCUT2D eigenvalue weighted by Gasteiger charge is 2.44. The summed E-state index contributed by atoms with van der Waals surface area (Å²) >= 11 is 4.87. The van der Waals surface area contributed by atoms with Gasteiger partial charge in [-0.3, -0.25) is 9.59 Å². The molecule has 1 aliphatic carbocycles. The van der Waals surface area contributed by atoms with Gasteiger partial charge in [0.1, 0.15) is 0 Å². The van der Waals surface area contributed by atoms with Crippen LogP contribution in [-0.2, 0) is 9.59 Å². The zero-order chi connectivity index (χ0) is 15.5. The maximum atomic E-state index is 11.9. The van der Waals surface area contributed by atoms with Gasteiger partial charge in [-0.1, -0.05) is 22.4 Å². The lowest BCUT2D eigenvalue weighted by Crippen LogP contribution is -2.47. The van der Waals surface area contributed by atoms with Gasteiger partial charge in [-0.15, -0.1) is 11.8 Å². The minimum Gasteiger partial charge on any atom is -0.481 e. The van der Waals surface area contributed by atoms with Crippen molar-refractivity contribution in [1.82, 2.24) is 5.32 Å². The SMILES string of the molecule is Cc1cc(Br)ccc1SCC(=O)NCC1(C(=O)O)CCC1. The molecular formula is C15H18BrNO3S. The highest BCUT2D eigenvalue weighted by molar-refractivity contribution is 9.10. The summed E-state index contributed by atoms with van der Waals surface area (Å²) in [4.78, 5) is 24.1. The fourth-order valence-electron chi connectivity index (χ4n) is 2.31. The van der Waals surface area contributed by atoms with Crippen molar-refractivity contribution < 1.29 is 14.7 Å². The van der Waals surface area contributed by atoms with Crippen LogP contribution in [0.2, 0.25) is 0 Å². The lowest BCUT2D eigenvalue weighted by Gasteiger charge is -2.37. The molecule has 2 rings (SSSR count). The summed E-state index contributed by atoms with van der Waals surface area (Å²) in [5.41, 5.74) is 0.386. The summed E-state index contributed by atoms with van der Waals surface area (Å²) in [6, 6.07) is 5.93. The van der Waals surface area contributed by atoms with Gasteiger partial charge in [-0.05, 0) is 43.5 Å². The molecule has 1 saturated carbocycles. The fourth-order valence-corrected chi connectivity index (χ4v) is 3.62. The molecule has 4 nitrogen and oxygen atoms in total. The van der Waals surface area contributed by atoms with Gasteiger partial charge in [0.25, 0.3) is 0 Å². The van der Waals surface area contributed by atoms with Crippen molar-refractivity contribution >= 4 is 39.6 Å². The first-order valence-corrected chi connectivity index (χ1v) is 8.60. The average molecular weight is 372 g/mol. The Morgan fingerprint density at radius 2 is 2.14 bits per heavy atom. The molecule has 114 valence electrons. The molecular weight excluding hydrogens is 354 g/mol. The molecule has 0 saturated heterocycles. The molecule has 0 atom stereocenters. The fraction of sp³-hybridized carbons (Fsp3) is 0.467. The molecule has 0 unspecified atom stereocenters. The van der Waals surface area contributed by atoms with E-state index in [2.05, 4.69) is 21.2 Å². The molecule has 1 aromatic carbocycles. The van der Waals surface area contributed by atoms with Crippen LogP contribution < -0.4 is 5.32 Å². The molecule has 0 aromatic heterocycles. The van der Waals surface area contributed by atoms with Crippen molar-refractivity contribution in [3.8, 4) is 0 Å². The molecule has 6 heteroatoms. The Kier molecular flexibility index (Phi) is 5.32. The van der Waals surface area contributed by atoms with Gasteiger partial charge in [0.15, 0.2) is 0 Å². The quantitative estimate of drug-likeness (QED) is 0.753. The maximum absolute atomic E-state index is 11.9. The third-order valence-corrected chi connectivity index (χ3v) is 5.55. The van der Waals surface area contributed by atoms with E-state index in [1.165, 1.54) is 11.8 Å². The van der Waals surface area contributed by atoms with Gasteiger partial charge in [0, 0.05) is 15.9 Å². The predicted molar refractivity (Wildman–Crippen MR) is 86.5 cm³/mol. The highest BCUT2D eigenvalue weighted by atomic mass is 79.9. The van der Waals surface area contributed by atoms with E-state index in [0.29, 0.717) is 18.6 Å². The van der Waals surface area contributed by atoms with Crippen molar-refractivity contribution in [2.75, 3.05) is 12.3 Å². The Balaban J connectivity index is 1.81. The number of carbonyl (C=O) groups is 2. The zero-order valence-electron chi connectivity index (χ0n) is 11.8. The maximum Gasteiger partial charge on any atom is 0.311 e. The lowest BCUT2D eigenvalue weighted by molar-refractivity contribution is -0.154. The lowest BCUT2D eigenvalue weighted by atomic mass is 9.69. The number of amides is 1. The van der Waals surface area contributed by atoms with Crippen molar-refractivity contribution in [2.45, 2.75) is 31.1 Å². The number of hydrogen-bond acceptors (Lipinski definition) is 3. The molecule has 0 heterocycles. The van der Waals surface area contributed by atoms with Crippen LogP contribution in [-0.4, -0.2) is 29.3 Å². The van der Waals surface area contributed by atoms with E-state index in [1.54, 1.807) is 0 Å². The molecule has 1 fully saturated rings. The summed E-state index contributed by atoms with van der Waals surface area (Å²) in [7, 11) is 0. The Morgan fingerprint density at radius 3 is 2.67 bits per heavy atom. The summed E-state index contributed by atoms with van der Waals surface area (Å²) in [6.45, 7) is 2.24. The number of thioether (sulfide) groups is 1. The van der Waals surface area contributed by atoms with E-state index < -0.39 is 11.4 Å². The molecule has 21 heavy (non-hydrogen) atoms. The van der Waals surface area contributed by atoms with Gasteiger partial charge in [-0.25, -0.2) is 0 Å².